The fraction of sp³-hybridized carbons (Fsp3) is 0.400. The van der Waals surface area contributed by atoms with Crippen molar-refractivity contribution in [3.05, 3.63) is 35.9 Å². The summed E-state index contributed by atoms with van der Waals surface area (Å²) < 4.78 is 5.32. The smallest absolute Gasteiger partial charge is 0.140 e. The Morgan fingerprint density at radius 2 is 1.77 bits per heavy atom. The molecule has 1 atom stereocenters. The largest absolute Gasteiger partial charge is 0.371 e. The van der Waals surface area contributed by atoms with Gasteiger partial charge in [-0.25, -0.2) is 0 Å². The molecule has 0 spiro atoms. The second kappa shape index (κ2) is 4.32. The molecule has 0 aromatic heterocycles. The third kappa shape index (κ3) is 2.16. The number of ether oxygens (including phenoxy) is 1. The minimum atomic E-state index is -0.635. The molecule has 3 heteroatoms. The van der Waals surface area contributed by atoms with Crippen LogP contribution in [0.3, 0.4) is 0 Å². The van der Waals surface area contributed by atoms with Gasteiger partial charge in [0, 0.05) is 7.11 Å². The van der Waals surface area contributed by atoms with E-state index in [4.69, 9.17) is 27.9 Å². The van der Waals surface area contributed by atoms with Crippen molar-refractivity contribution in [2.24, 2.45) is 0 Å². The highest BCUT2D eigenvalue weighted by Crippen LogP contribution is 2.33. The summed E-state index contributed by atoms with van der Waals surface area (Å²) >= 11 is 11.7. The predicted molar refractivity (Wildman–Crippen MR) is 56.3 cm³/mol. The fourth-order valence-corrected chi connectivity index (χ4v) is 1.53. The van der Waals surface area contributed by atoms with Crippen molar-refractivity contribution < 1.29 is 4.74 Å². The molecule has 0 fully saturated rings. The van der Waals surface area contributed by atoms with Gasteiger partial charge < -0.3 is 4.74 Å². The fourth-order valence-electron chi connectivity index (χ4n) is 1.10. The van der Waals surface area contributed by atoms with Crippen LogP contribution in [0.1, 0.15) is 12.5 Å². The van der Waals surface area contributed by atoms with Crippen LogP contribution in [0, 0.1) is 0 Å². The minimum Gasteiger partial charge on any atom is -0.371 e. The van der Waals surface area contributed by atoms with Crippen molar-refractivity contribution in [1.29, 1.82) is 0 Å². The van der Waals surface area contributed by atoms with E-state index in [-0.39, 0.29) is 0 Å². The Kier molecular flexibility index (Phi) is 3.60. The highest BCUT2D eigenvalue weighted by Gasteiger charge is 2.33. The molecule has 0 aliphatic rings. The van der Waals surface area contributed by atoms with E-state index in [9.17, 15) is 0 Å². The van der Waals surface area contributed by atoms with E-state index in [2.05, 4.69) is 0 Å². The lowest BCUT2D eigenvalue weighted by Gasteiger charge is -2.29. The van der Waals surface area contributed by atoms with E-state index in [1.54, 1.807) is 7.11 Å². The molecule has 0 amide bonds. The van der Waals surface area contributed by atoms with E-state index >= 15 is 0 Å². The summed E-state index contributed by atoms with van der Waals surface area (Å²) in [5.74, 6) is 0. The van der Waals surface area contributed by atoms with Gasteiger partial charge in [0.2, 0.25) is 0 Å². The number of hydrogen-bond acceptors (Lipinski definition) is 1. The molecular formula is C10H12Cl2O. The lowest BCUT2D eigenvalue weighted by Crippen LogP contribution is -2.31. The first-order chi connectivity index (χ1) is 6.11. The van der Waals surface area contributed by atoms with Crippen molar-refractivity contribution in [3.8, 4) is 0 Å². The molecule has 0 saturated heterocycles. The Morgan fingerprint density at radius 3 is 2.15 bits per heavy atom. The number of alkyl halides is 2. The lowest BCUT2D eigenvalue weighted by molar-refractivity contribution is 0.0140. The summed E-state index contributed by atoms with van der Waals surface area (Å²) in [5.41, 5.74) is 0.345. The van der Waals surface area contributed by atoms with E-state index < -0.39 is 10.4 Å². The third-order valence-corrected chi connectivity index (χ3v) is 3.02. The third-order valence-electron chi connectivity index (χ3n) is 2.19. The Balaban J connectivity index is 3.03. The summed E-state index contributed by atoms with van der Waals surface area (Å²) in [5, 5.41) is 0. The Labute approximate surface area is 88.6 Å². The number of halogens is 2. The monoisotopic (exact) mass is 218 g/mol. The Morgan fingerprint density at radius 1 is 1.23 bits per heavy atom. The van der Waals surface area contributed by atoms with Crippen LogP contribution in [0.15, 0.2) is 30.3 Å². The van der Waals surface area contributed by atoms with Crippen LogP contribution in [0.2, 0.25) is 0 Å². The SMILES string of the molecule is CO[C@@](C)(c1ccccc1)C(Cl)Cl. The Bertz CT molecular complexity index is 261. The van der Waals surface area contributed by atoms with Crippen molar-refractivity contribution in [1.82, 2.24) is 0 Å². The second-order valence-electron chi connectivity index (χ2n) is 2.98. The van der Waals surface area contributed by atoms with E-state index in [1.165, 1.54) is 0 Å². The molecule has 0 N–H and O–H groups in total. The maximum Gasteiger partial charge on any atom is 0.140 e. The number of methoxy groups -OCH3 is 1. The van der Waals surface area contributed by atoms with E-state index in [0.717, 1.165) is 5.56 Å². The average molecular weight is 219 g/mol. The van der Waals surface area contributed by atoms with Gasteiger partial charge in [-0.05, 0) is 12.5 Å². The summed E-state index contributed by atoms with van der Waals surface area (Å²) in [4.78, 5) is -0.583. The minimum absolute atomic E-state index is 0.583. The lowest BCUT2D eigenvalue weighted by atomic mass is 9.98. The zero-order chi connectivity index (χ0) is 9.90. The van der Waals surface area contributed by atoms with Crippen LogP contribution >= 0.6 is 23.2 Å². The van der Waals surface area contributed by atoms with Crippen molar-refractivity contribution in [3.63, 3.8) is 0 Å². The first-order valence-electron chi connectivity index (χ1n) is 4.00. The van der Waals surface area contributed by atoms with Crippen molar-refractivity contribution in [2.45, 2.75) is 17.4 Å². The molecule has 0 aliphatic carbocycles. The van der Waals surface area contributed by atoms with E-state index in [1.807, 2.05) is 37.3 Å². The van der Waals surface area contributed by atoms with Crippen LogP contribution < -0.4 is 0 Å². The van der Waals surface area contributed by atoms with Gasteiger partial charge in [-0.2, -0.15) is 0 Å². The summed E-state index contributed by atoms with van der Waals surface area (Å²) in [7, 11) is 1.60. The molecule has 1 nitrogen and oxygen atoms in total. The first-order valence-corrected chi connectivity index (χ1v) is 4.87. The molecule has 0 radical (unpaired) electrons. The number of hydrogen-bond donors (Lipinski definition) is 0. The molecule has 13 heavy (non-hydrogen) atoms. The topological polar surface area (TPSA) is 9.23 Å². The normalized spacial score (nSPS) is 15.8. The molecule has 0 aliphatic heterocycles. The van der Waals surface area contributed by atoms with Gasteiger partial charge in [-0.3, -0.25) is 0 Å². The first kappa shape index (κ1) is 10.8. The van der Waals surface area contributed by atoms with Gasteiger partial charge in [0.05, 0.1) is 0 Å². The average Bonchev–Trinajstić information content (AvgIpc) is 2.17. The highest BCUT2D eigenvalue weighted by atomic mass is 35.5. The second-order valence-corrected chi connectivity index (χ2v) is 4.07. The van der Waals surface area contributed by atoms with Crippen LogP contribution in [0.25, 0.3) is 0 Å². The molecule has 1 aromatic rings. The maximum absolute atomic E-state index is 5.86. The van der Waals surface area contributed by atoms with Gasteiger partial charge in [0.1, 0.15) is 10.4 Å². The van der Waals surface area contributed by atoms with Gasteiger partial charge in [0.25, 0.3) is 0 Å². The van der Waals surface area contributed by atoms with Gasteiger partial charge >= 0.3 is 0 Å². The Hall–Kier alpha value is -0.240. The number of rotatable bonds is 3. The standard InChI is InChI=1S/C10H12Cl2O/c1-10(13-2,9(11)12)8-6-4-3-5-7-8/h3-7,9H,1-2H3/t10-/m0/s1. The van der Waals surface area contributed by atoms with Crippen LogP contribution in [-0.4, -0.2) is 11.9 Å². The van der Waals surface area contributed by atoms with Gasteiger partial charge in [0.15, 0.2) is 0 Å². The van der Waals surface area contributed by atoms with Crippen molar-refractivity contribution >= 4 is 23.2 Å². The van der Waals surface area contributed by atoms with Gasteiger partial charge in [-0.1, -0.05) is 30.3 Å². The molecule has 1 aromatic carbocycles. The zero-order valence-corrected chi connectivity index (χ0v) is 9.14. The number of benzene rings is 1. The maximum atomic E-state index is 5.86. The molecule has 1 rings (SSSR count). The summed E-state index contributed by atoms with van der Waals surface area (Å²) in [6, 6.07) is 9.70. The molecule has 0 unspecified atom stereocenters. The molecule has 0 bridgehead atoms. The van der Waals surface area contributed by atoms with E-state index in [0.29, 0.717) is 0 Å². The molecule has 0 saturated carbocycles. The summed E-state index contributed by atoms with van der Waals surface area (Å²) in [6.07, 6.45) is 0. The highest BCUT2D eigenvalue weighted by molar-refractivity contribution is 6.45. The predicted octanol–water partition coefficient (Wildman–Crippen LogP) is 3.35. The quantitative estimate of drug-likeness (QED) is 0.708. The van der Waals surface area contributed by atoms with Crippen LogP contribution in [-0.2, 0) is 10.3 Å². The van der Waals surface area contributed by atoms with Gasteiger partial charge in [-0.15, -0.1) is 23.2 Å². The molecule has 72 valence electrons. The molecule has 0 heterocycles. The van der Waals surface area contributed by atoms with Crippen LogP contribution in [0.5, 0.6) is 0 Å². The van der Waals surface area contributed by atoms with Crippen LogP contribution in [0.4, 0.5) is 0 Å². The van der Waals surface area contributed by atoms with Crippen molar-refractivity contribution in [2.75, 3.05) is 7.11 Å². The zero-order valence-electron chi connectivity index (χ0n) is 7.63. The molecular weight excluding hydrogens is 207 g/mol. The summed E-state index contributed by atoms with van der Waals surface area (Å²) in [6.45, 7) is 1.87.